The molecule has 3 nitrogen and oxygen atoms in total. The van der Waals surface area contributed by atoms with E-state index < -0.39 is 5.97 Å². The lowest BCUT2D eigenvalue weighted by Crippen LogP contribution is -2.08. The lowest BCUT2D eigenvalue weighted by Gasteiger charge is -2.18. The monoisotopic (exact) mass is 325 g/mol. The fraction of sp³-hybridized carbons (Fsp3) is 0.158. The van der Waals surface area contributed by atoms with E-state index in [1.165, 1.54) is 0 Å². The molecule has 0 aliphatic rings. The summed E-state index contributed by atoms with van der Waals surface area (Å²) in [6, 6.07) is 14.9. The topological polar surface area (TPSA) is 50.2 Å². The van der Waals surface area contributed by atoms with Crippen LogP contribution in [0.5, 0.6) is 0 Å². The van der Waals surface area contributed by atoms with Gasteiger partial charge in [-0.1, -0.05) is 55.8 Å². The molecule has 0 bridgehead atoms. The van der Waals surface area contributed by atoms with E-state index in [1.54, 1.807) is 12.1 Å². The maximum Gasteiger partial charge on any atom is 0.355 e. The van der Waals surface area contributed by atoms with Crippen molar-refractivity contribution >= 4 is 28.5 Å². The maximum atomic E-state index is 11.8. The van der Waals surface area contributed by atoms with Crippen LogP contribution in [0.2, 0.25) is 5.02 Å². The van der Waals surface area contributed by atoms with Gasteiger partial charge in [-0.05, 0) is 35.2 Å². The minimum atomic E-state index is -1.03. The SMILES string of the molecule is CC(C)c1c(-c2ccccc2)c(C(=O)O)nc2ccc(Cl)cc12. The number of hydrogen-bond donors (Lipinski definition) is 1. The molecule has 0 atom stereocenters. The molecule has 3 rings (SSSR count). The molecule has 4 heteroatoms. The number of carboxylic acid groups (broad SMARTS) is 1. The summed E-state index contributed by atoms with van der Waals surface area (Å²) in [5.41, 5.74) is 3.21. The summed E-state index contributed by atoms with van der Waals surface area (Å²) in [5, 5.41) is 11.2. The van der Waals surface area contributed by atoms with E-state index in [4.69, 9.17) is 11.6 Å². The molecule has 2 aromatic carbocycles. The average molecular weight is 326 g/mol. The summed E-state index contributed by atoms with van der Waals surface area (Å²) in [7, 11) is 0. The van der Waals surface area contributed by atoms with Crippen molar-refractivity contribution < 1.29 is 9.90 Å². The van der Waals surface area contributed by atoms with Gasteiger partial charge in [0.2, 0.25) is 0 Å². The number of aromatic carboxylic acids is 1. The van der Waals surface area contributed by atoms with Crippen molar-refractivity contribution in [3.63, 3.8) is 0 Å². The molecule has 0 amide bonds. The third kappa shape index (κ3) is 2.80. The first-order chi connectivity index (χ1) is 11.0. The third-order valence-electron chi connectivity index (χ3n) is 3.83. The molecule has 116 valence electrons. The summed E-state index contributed by atoms with van der Waals surface area (Å²) in [4.78, 5) is 16.2. The van der Waals surface area contributed by atoms with Crippen molar-refractivity contribution in [2.24, 2.45) is 0 Å². The van der Waals surface area contributed by atoms with Crippen LogP contribution in [0.15, 0.2) is 48.5 Å². The van der Waals surface area contributed by atoms with E-state index in [0.29, 0.717) is 16.1 Å². The van der Waals surface area contributed by atoms with Gasteiger partial charge in [-0.3, -0.25) is 0 Å². The van der Waals surface area contributed by atoms with Gasteiger partial charge in [0, 0.05) is 16.0 Å². The normalized spacial score (nSPS) is 11.1. The Labute approximate surface area is 139 Å². The summed E-state index contributed by atoms with van der Waals surface area (Å²) in [6.45, 7) is 4.10. The zero-order valence-electron chi connectivity index (χ0n) is 12.9. The molecule has 0 saturated carbocycles. The molecule has 0 radical (unpaired) electrons. The quantitative estimate of drug-likeness (QED) is 0.703. The largest absolute Gasteiger partial charge is 0.476 e. The van der Waals surface area contributed by atoms with Gasteiger partial charge in [0.05, 0.1) is 5.52 Å². The molecule has 1 heterocycles. The van der Waals surface area contributed by atoms with Crippen molar-refractivity contribution in [2.75, 3.05) is 0 Å². The van der Waals surface area contributed by atoms with Gasteiger partial charge < -0.3 is 5.11 Å². The van der Waals surface area contributed by atoms with Crippen LogP contribution in [0.25, 0.3) is 22.0 Å². The highest BCUT2D eigenvalue weighted by molar-refractivity contribution is 6.31. The molecule has 0 saturated heterocycles. The number of nitrogens with zero attached hydrogens (tertiary/aromatic N) is 1. The zero-order chi connectivity index (χ0) is 16.6. The second kappa shape index (κ2) is 6.01. The van der Waals surface area contributed by atoms with Gasteiger partial charge in [0.25, 0.3) is 0 Å². The van der Waals surface area contributed by atoms with Crippen molar-refractivity contribution in [1.29, 1.82) is 0 Å². The Morgan fingerprint density at radius 2 is 1.83 bits per heavy atom. The first kappa shape index (κ1) is 15.5. The van der Waals surface area contributed by atoms with Crippen molar-refractivity contribution in [3.8, 4) is 11.1 Å². The molecule has 0 spiro atoms. The van der Waals surface area contributed by atoms with Gasteiger partial charge in [0.1, 0.15) is 0 Å². The molecule has 0 unspecified atom stereocenters. The van der Waals surface area contributed by atoms with E-state index in [0.717, 1.165) is 16.5 Å². The molecule has 1 aromatic heterocycles. The van der Waals surface area contributed by atoms with Gasteiger partial charge in [-0.25, -0.2) is 9.78 Å². The Hall–Kier alpha value is -2.39. The Balaban J connectivity index is 2.50. The predicted octanol–water partition coefficient (Wildman–Crippen LogP) is 5.38. The minimum Gasteiger partial charge on any atom is -0.476 e. The van der Waals surface area contributed by atoms with Gasteiger partial charge in [0.15, 0.2) is 5.69 Å². The summed E-state index contributed by atoms with van der Waals surface area (Å²) >= 11 is 6.15. The minimum absolute atomic E-state index is 0.0784. The number of hydrogen-bond acceptors (Lipinski definition) is 2. The van der Waals surface area contributed by atoms with Crippen LogP contribution in [0.4, 0.5) is 0 Å². The number of carboxylic acids is 1. The number of halogens is 1. The second-order valence-electron chi connectivity index (χ2n) is 5.74. The second-order valence-corrected chi connectivity index (χ2v) is 6.17. The van der Waals surface area contributed by atoms with E-state index in [-0.39, 0.29) is 11.6 Å². The third-order valence-corrected chi connectivity index (χ3v) is 4.06. The fourth-order valence-corrected chi connectivity index (χ4v) is 3.08. The Morgan fingerprint density at radius 3 is 2.43 bits per heavy atom. The standard InChI is InChI=1S/C19H16ClNO2/c1-11(2)16-14-10-13(20)8-9-15(14)21-18(19(22)23)17(16)12-6-4-3-5-7-12/h3-11H,1-2H3,(H,22,23). The van der Waals surface area contributed by atoms with Crippen LogP contribution in [0, 0.1) is 0 Å². The zero-order valence-corrected chi connectivity index (χ0v) is 13.6. The highest BCUT2D eigenvalue weighted by Crippen LogP contribution is 2.37. The predicted molar refractivity (Wildman–Crippen MR) is 93.2 cm³/mol. The maximum absolute atomic E-state index is 11.8. The van der Waals surface area contributed by atoms with Gasteiger partial charge in [-0.2, -0.15) is 0 Å². The van der Waals surface area contributed by atoms with Crippen molar-refractivity contribution in [2.45, 2.75) is 19.8 Å². The number of pyridine rings is 1. The lowest BCUT2D eigenvalue weighted by molar-refractivity contribution is 0.0692. The van der Waals surface area contributed by atoms with E-state index in [2.05, 4.69) is 4.98 Å². The Morgan fingerprint density at radius 1 is 1.13 bits per heavy atom. The molecule has 23 heavy (non-hydrogen) atoms. The summed E-state index contributed by atoms with van der Waals surface area (Å²) in [5.74, 6) is -0.894. The van der Waals surface area contributed by atoms with Gasteiger partial charge >= 0.3 is 5.97 Å². The van der Waals surface area contributed by atoms with E-state index in [9.17, 15) is 9.90 Å². The number of fused-ring (bicyclic) bond motifs is 1. The lowest BCUT2D eigenvalue weighted by atomic mass is 9.88. The van der Waals surface area contributed by atoms with Crippen LogP contribution < -0.4 is 0 Å². The van der Waals surface area contributed by atoms with Crippen molar-refractivity contribution in [1.82, 2.24) is 4.98 Å². The Kier molecular flexibility index (Phi) is 4.05. The highest BCUT2D eigenvalue weighted by atomic mass is 35.5. The fourth-order valence-electron chi connectivity index (χ4n) is 2.91. The van der Waals surface area contributed by atoms with Crippen LogP contribution in [-0.4, -0.2) is 16.1 Å². The number of aromatic nitrogens is 1. The van der Waals surface area contributed by atoms with Gasteiger partial charge in [-0.15, -0.1) is 0 Å². The molecule has 0 aliphatic heterocycles. The van der Waals surface area contributed by atoms with Crippen LogP contribution >= 0.6 is 11.6 Å². The van der Waals surface area contributed by atoms with E-state index in [1.807, 2.05) is 50.2 Å². The van der Waals surface area contributed by atoms with Crippen LogP contribution in [-0.2, 0) is 0 Å². The molecule has 1 N–H and O–H groups in total. The van der Waals surface area contributed by atoms with Crippen LogP contribution in [0.1, 0.15) is 35.8 Å². The average Bonchev–Trinajstić information content (AvgIpc) is 2.53. The smallest absolute Gasteiger partial charge is 0.355 e. The molecule has 3 aromatic rings. The highest BCUT2D eigenvalue weighted by Gasteiger charge is 2.22. The molecular formula is C19H16ClNO2. The molecule has 0 fully saturated rings. The number of benzene rings is 2. The molecule has 0 aliphatic carbocycles. The van der Waals surface area contributed by atoms with E-state index >= 15 is 0 Å². The Bertz CT molecular complexity index is 889. The number of carbonyl (C=O) groups is 1. The van der Waals surface area contributed by atoms with Crippen molar-refractivity contribution in [3.05, 3.63) is 64.8 Å². The molecular weight excluding hydrogens is 310 g/mol. The first-order valence-electron chi connectivity index (χ1n) is 7.41. The first-order valence-corrected chi connectivity index (χ1v) is 7.78. The summed E-state index contributed by atoms with van der Waals surface area (Å²) in [6.07, 6.45) is 0. The summed E-state index contributed by atoms with van der Waals surface area (Å²) < 4.78 is 0. The number of rotatable bonds is 3. The van der Waals surface area contributed by atoms with Crippen LogP contribution in [0.3, 0.4) is 0 Å².